The summed E-state index contributed by atoms with van der Waals surface area (Å²) in [6.45, 7) is 1.87. The molecule has 1 atom stereocenters. The molecular weight excluding hydrogens is 342 g/mol. The molecule has 1 unspecified atom stereocenters. The van der Waals surface area contributed by atoms with Gasteiger partial charge in [-0.3, -0.25) is 9.67 Å². The smallest absolute Gasteiger partial charge is 0.340 e. The summed E-state index contributed by atoms with van der Waals surface area (Å²) in [6.07, 6.45) is 6.02. The zero-order valence-corrected chi connectivity index (χ0v) is 15.1. The van der Waals surface area contributed by atoms with Gasteiger partial charge in [-0.1, -0.05) is 30.3 Å². The van der Waals surface area contributed by atoms with Gasteiger partial charge in [-0.2, -0.15) is 5.10 Å². The molecule has 27 heavy (non-hydrogen) atoms. The van der Waals surface area contributed by atoms with Crippen LogP contribution in [0.3, 0.4) is 0 Å². The summed E-state index contributed by atoms with van der Waals surface area (Å²) in [5.74, 6) is -0.409. The van der Waals surface area contributed by atoms with Crippen LogP contribution in [0.5, 0.6) is 0 Å². The third kappa shape index (κ3) is 3.41. The van der Waals surface area contributed by atoms with Crippen molar-refractivity contribution in [1.29, 1.82) is 0 Å². The van der Waals surface area contributed by atoms with Crippen LogP contribution >= 0.6 is 0 Å². The monoisotopic (exact) mass is 363 g/mol. The molecule has 7 heteroatoms. The summed E-state index contributed by atoms with van der Waals surface area (Å²) in [5, 5.41) is 11.4. The van der Waals surface area contributed by atoms with Gasteiger partial charge in [0.15, 0.2) is 0 Å². The second kappa shape index (κ2) is 7.59. The van der Waals surface area contributed by atoms with Gasteiger partial charge in [0, 0.05) is 18.3 Å². The topological polar surface area (TPSA) is 81.1 Å². The van der Waals surface area contributed by atoms with Gasteiger partial charge < -0.3 is 15.4 Å². The minimum absolute atomic E-state index is 0.296. The first-order chi connectivity index (χ1) is 13.3. The number of aromatic nitrogens is 3. The molecule has 3 aromatic rings. The van der Waals surface area contributed by atoms with Crippen molar-refractivity contribution in [1.82, 2.24) is 20.1 Å². The van der Waals surface area contributed by atoms with Gasteiger partial charge in [0.05, 0.1) is 48.2 Å². The predicted octanol–water partition coefficient (Wildman–Crippen LogP) is 3.01. The Kier molecular flexibility index (Phi) is 4.84. The van der Waals surface area contributed by atoms with Crippen molar-refractivity contribution in [3.05, 3.63) is 60.6 Å². The van der Waals surface area contributed by atoms with E-state index in [1.165, 1.54) is 7.11 Å². The van der Waals surface area contributed by atoms with Crippen LogP contribution in [0.2, 0.25) is 0 Å². The highest BCUT2D eigenvalue weighted by Crippen LogP contribution is 2.34. The molecule has 1 aliphatic heterocycles. The molecule has 1 aliphatic rings. The Hall–Kier alpha value is -3.19. The second-order valence-corrected chi connectivity index (χ2v) is 6.40. The van der Waals surface area contributed by atoms with Gasteiger partial charge in [-0.15, -0.1) is 0 Å². The average molecular weight is 363 g/mol. The first-order valence-electron chi connectivity index (χ1n) is 8.91. The number of anilines is 2. The number of esters is 1. The third-order valence-corrected chi connectivity index (χ3v) is 4.72. The summed E-state index contributed by atoms with van der Waals surface area (Å²) in [6, 6.07) is 12.1. The molecule has 138 valence electrons. The molecule has 2 aromatic heterocycles. The quantitative estimate of drug-likeness (QED) is 0.678. The van der Waals surface area contributed by atoms with E-state index in [9.17, 15) is 4.79 Å². The zero-order chi connectivity index (χ0) is 18.6. The molecular formula is C20H21N5O2. The fraction of sp³-hybridized carbons (Fsp3) is 0.250. The number of hydrogen-bond acceptors (Lipinski definition) is 6. The number of methoxy groups -OCH3 is 1. The Morgan fingerprint density at radius 3 is 2.81 bits per heavy atom. The Labute approximate surface area is 157 Å². The molecule has 0 spiro atoms. The highest BCUT2D eigenvalue weighted by molar-refractivity contribution is 5.96. The van der Waals surface area contributed by atoms with Crippen LogP contribution in [0.4, 0.5) is 11.4 Å². The van der Waals surface area contributed by atoms with Crippen LogP contribution in [0.15, 0.2) is 55.0 Å². The van der Waals surface area contributed by atoms with E-state index in [4.69, 9.17) is 4.74 Å². The lowest BCUT2D eigenvalue weighted by atomic mass is 10.1. The Bertz CT molecular complexity index is 933. The summed E-state index contributed by atoms with van der Waals surface area (Å²) < 4.78 is 6.94. The fourth-order valence-corrected chi connectivity index (χ4v) is 3.39. The SMILES string of the molecule is COC(=O)c1ccncc1Nc1cnn(C2CCNC2)c1-c1ccccc1. The lowest BCUT2D eigenvalue weighted by molar-refractivity contribution is 0.0602. The number of carbonyl (C=O) groups is 1. The average Bonchev–Trinajstić information content (AvgIpc) is 3.38. The Morgan fingerprint density at radius 2 is 2.07 bits per heavy atom. The Morgan fingerprint density at radius 1 is 1.22 bits per heavy atom. The molecule has 1 fully saturated rings. The van der Waals surface area contributed by atoms with Crippen LogP contribution in [-0.4, -0.2) is 40.9 Å². The number of nitrogens with one attached hydrogen (secondary N) is 2. The molecule has 1 aromatic carbocycles. The first-order valence-corrected chi connectivity index (χ1v) is 8.91. The van der Waals surface area contributed by atoms with E-state index in [0.29, 0.717) is 17.3 Å². The lowest BCUT2D eigenvalue weighted by Crippen LogP contribution is -2.15. The fourth-order valence-electron chi connectivity index (χ4n) is 3.39. The van der Waals surface area contributed by atoms with E-state index in [0.717, 1.165) is 36.5 Å². The maximum atomic E-state index is 12.1. The van der Waals surface area contributed by atoms with Crippen LogP contribution < -0.4 is 10.6 Å². The van der Waals surface area contributed by atoms with E-state index >= 15 is 0 Å². The number of benzene rings is 1. The minimum atomic E-state index is -0.409. The number of pyridine rings is 1. The van der Waals surface area contributed by atoms with Gasteiger partial charge >= 0.3 is 5.97 Å². The highest BCUT2D eigenvalue weighted by atomic mass is 16.5. The zero-order valence-electron chi connectivity index (χ0n) is 15.1. The first kappa shape index (κ1) is 17.2. The van der Waals surface area contributed by atoms with E-state index < -0.39 is 5.97 Å². The van der Waals surface area contributed by atoms with Crippen LogP contribution in [0, 0.1) is 0 Å². The van der Waals surface area contributed by atoms with E-state index in [1.807, 2.05) is 18.2 Å². The molecule has 0 amide bonds. The molecule has 7 nitrogen and oxygen atoms in total. The van der Waals surface area contributed by atoms with Crippen molar-refractivity contribution in [3.63, 3.8) is 0 Å². The number of ether oxygens (including phenoxy) is 1. The molecule has 0 saturated carbocycles. The van der Waals surface area contributed by atoms with Crippen LogP contribution in [0.1, 0.15) is 22.8 Å². The molecule has 0 radical (unpaired) electrons. The van der Waals surface area contributed by atoms with Gasteiger partial charge in [0.2, 0.25) is 0 Å². The lowest BCUT2D eigenvalue weighted by Gasteiger charge is -2.16. The Balaban J connectivity index is 1.77. The maximum absolute atomic E-state index is 12.1. The number of hydrogen-bond donors (Lipinski definition) is 2. The molecule has 4 rings (SSSR count). The molecule has 3 heterocycles. The normalized spacial score (nSPS) is 16.3. The molecule has 0 bridgehead atoms. The van der Waals surface area contributed by atoms with Crippen molar-refractivity contribution >= 4 is 17.3 Å². The van der Waals surface area contributed by atoms with Crippen molar-refractivity contribution in [2.75, 3.05) is 25.5 Å². The maximum Gasteiger partial charge on any atom is 0.340 e. The van der Waals surface area contributed by atoms with E-state index in [1.54, 1.807) is 24.7 Å². The standard InChI is InChI=1S/C20H21N5O2/c1-27-20(26)16-8-10-22-12-17(16)24-18-13-23-25(15-7-9-21-11-15)19(18)14-5-3-2-4-6-14/h2-6,8,10,12-13,15,21,24H,7,9,11H2,1H3. The molecule has 2 N–H and O–H groups in total. The van der Waals surface area contributed by atoms with Crippen molar-refractivity contribution < 1.29 is 9.53 Å². The number of nitrogens with zero attached hydrogens (tertiary/aromatic N) is 3. The summed E-state index contributed by atoms with van der Waals surface area (Å²) in [7, 11) is 1.37. The number of rotatable bonds is 5. The van der Waals surface area contributed by atoms with Crippen LogP contribution in [-0.2, 0) is 4.74 Å². The van der Waals surface area contributed by atoms with Crippen molar-refractivity contribution in [2.24, 2.45) is 0 Å². The second-order valence-electron chi connectivity index (χ2n) is 6.40. The van der Waals surface area contributed by atoms with Crippen LogP contribution in [0.25, 0.3) is 11.3 Å². The third-order valence-electron chi connectivity index (χ3n) is 4.72. The van der Waals surface area contributed by atoms with Gasteiger partial charge in [0.1, 0.15) is 0 Å². The van der Waals surface area contributed by atoms with Gasteiger partial charge in [-0.25, -0.2) is 4.79 Å². The molecule has 1 saturated heterocycles. The molecule has 0 aliphatic carbocycles. The highest BCUT2D eigenvalue weighted by Gasteiger charge is 2.23. The van der Waals surface area contributed by atoms with E-state index in [2.05, 4.69) is 37.5 Å². The van der Waals surface area contributed by atoms with E-state index in [-0.39, 0.29) is 0 Å². The van der Waals surface area contributed by atoms with Gasteiger partial charge in [0.25, 0.3) is 0 Å². The largest absolute Gasteiger partial charge is 0.465 e. The van der Waals surface area contributed by atoms with Crippen molar-refractivity contribution in [2.45, 2.75) is 12.5 Å². The number of carbonyl (C=O) groups excluding carboxylic acids is 1. The summed E-state index contributed by atoms with van der Waals surface area (Å²) in [5.41, 5.74) is 3.90. The summed E-state index contributed by atoms with van der Waals surface area (Å²) in [4.78, 5) is 16.2. The van der Waals surface area contributed by atoms with Crippen molar-refractivity contribution in [3.8, 4) is 11.3 Å². The summed E-state index contributed by atoms with van der Waals surface area (Å²) >= 11 is 0. The van der Waals surface area contributed by atoms with Gasteiger partial charge in [-0.05, 0) is 19.0 Å². The predicted molar refractivity (Wildman–Crippen MR) is 103 cm³/mol. The minimum Gasteiger partial charge on any atom is -0.465 e.